The zero-order valence-corrected chi connectivity index (χ0v) is 12.2. The number of piperidine rings is 1. The SMILES string of the molecule is Cc1cc([C@@H]2CC[C@H]3CCC2N3C)on1.O=C(O)C(=O)O. The van der Waals surface area contributed by atoms with Crippen LogP contribution in [0.2, 0.25) is 0 Å². The van der Waals surface area contributed by atoms with Crippen molar-refractivity contribution < 1.29 is 24.3 Å². The lowest BCUT2D eigenvalue weighted by molar-refractivity contribution is -0.159. The van der Waals surface area contributed by atoms with E-state index in [1.54, 1.807) is 0 Å². The van der Waals surface area contributed by atoms with Crippen molar-refractivity contribution in [2.75, 3.05) is 7.05 Å². The van der Waals surface area contributed by atoms with Crippen LogP contribution in [-0.2, 0) is 9.59 Å². The van der Waals surface area contributed by atoms with Crippen molar-refractivity contribution in [3.05, 3.63) is 17.5 Å². The lowest BCUT2D eigenvalue weighted by Crippen LogP contribution is -2.40. The van der Waals surface area contributed by atoms with Gasteiger partial charge < -0.3 is 14.7 Å². The van der Waals surface area contributed by atoms with Gasteiger partial charge in [-0.15, -0.1) is 0 Å². The zero-order chi connectivity index (χ0) is 15.6. The second-order valence-corrected chi connectivity index (χ2v) is 5.63. The maximum atomic E-state index is 9.10. The summed E-state index contributed by atoms with van der Waals surface area (Å²) in [7, 11) is 2.26. The standard InChI is InChI=1S/C12H18N2O.C2H2O4/c1-8-7-12(15-13-8)10-5-3-9-4-6-11(10)14(9)2;3-1(4)2(5)6/h7,9-11H,3-6H2,1-2H3;(H,3,4)(H,5,6)/t9-,10+,11?;/m0./s1. The van der Waals surface area contributed by atoms with Gasteiger partial charge in [-0.25, -0.2) is 9.59 Å². The van der Waals surface area contributed by atoms with Crippen molar-refractivity contribution in [1.29, 1.82) is 0 Å². The Bertz CT molecular complexity index is 515. The number of fused-ring (bicyclic) bond motifs is 2. The van der Waals surface area contributed by atoms with E-state index in [1.807, 2.05) is 6.92 Å². The summed E-state index contributed by atoms with van der Waals surface area (Å²) in [6, 6.07) is 3.63. The minimum Gasteiger partial charge on any atom is -0.473 e. The van der Waals surface area contributed by atoms with E-state index in [4.69, 9.17) is 24.3 Å². The van der Waals surface area contributed by atoms with E-state index in [1.165, 1.54) is 25.7 Å². The van der Waals surface area contributed by atoms with Crippen molar-refractivity contribution in [2.45, 2.75) is 50.6 Å². The molecule has 0 aromatic carbocycles. The highest BCUT2D eigenvalue weighted by atomic mass is 16.5. The molecular formula is C14H20N2O5. The predicted octanol–water partition coefficient (Wildman–Crippen LogP) is 1.48. The van der Waals surface area contributed by atoms with Crippen molar-refractivity contribution in [1.82, 2.24) is 10.1 Å². The predicted molar refractivity (Wildman–Crippen MR) is 73.1 cm³/mol. The topological polar surface area (TPSA) is 104 Å². The first-order valence-corrected chi connectivity index (χ1v) is 7.01. The Labute approximate surface area is 122 Å². The maximum Gasteiger partial charge on any atom is 0.414 e. The number of hydrogen-bond donors (Lipinski definition) is 2. The number of rotatable bonds is 1. The molecule has 2 saturated heterocycles. The van der Waals surface area contributed by atoms with Crippen molar-refractivity contribution in [2.24, 2.45) is 0 Å². The smallest absolute Gasteiger partial charge is 0.414 e. The molecule has 1 unspecified atom stereocenters. The normalized spacial score (nSPS) is 27.8. The molecule has 7 heteroatoms. The molecule has 3 atom stereocenters. The van der Waals surface area contributed by atoms with Crippen LogP contribution >= 0.6 is 0 Å². The Hall–Kier alpha value is -1.89. The molecule has 2 aliphatic rings. The highest BCUT2D eigenvalue weighted by molar-refractivity contribution is 6.27. The van der Waals surface area contributed by atoms with E-state index in [-0.39, 0.29) is 0 Å². The van der Waals surface area contributed by atoms with E-state index in [0.29, 0.717) is 12.0 Å². The number of aryl methyl sites for hydroxylation is 1. The van der Waals surface area contributed by atoms with Crippen molar-refractivity contribution in [3.63, 3.8) is 0 Å². The molecule has 0 aliphatic carbocycles. The molecule has 0 radical (unpaired) electrons. The molecule has 116 valence electrons. The summed E-state index contributed by atoms with van der Waals surface area (Å²) >= 11 is 0. The van der Waals surface area contributed by atoms with Gasteiger partial charge in [0.25, 0.3) is 0 Å². The number of hydrogen-bond acceptors (Lipinski definition) is 5. The van der Waals surface area contributed by atoms with Gasteiger partial charge in [-0.05, 0) is 39.7 Å². The first kappa shape index (κ1) is 15.5. The van der Waals surface area contributed by atoms with Crippen LogP contribution in [-0.4, -0.2) is 51.3 Å². The lowest BCUT2D eigenvalue weighted by Gasteiger charge is -2.36. The van der Waals surface area contributed by atoms with Crippen LogP contribution in [0, 0.1) is 6.92 Å². The molecule has 2 N–H and O–H groups in total. The average Bonchev–Trinajstić information content (AvgIpc) is 2.92. The minimum atomic E-state index is -1.82. The van der Waals surface area contributed by atoms with Gasteiger partial charge in [-0.3, -0.25) is 4.90 Å². The Kier molecular flexibility index (Phi) is 4.62. The summed E-state index contributed by atoms with van der Waals surface area (Å²) in [5.74, 6) is -1.97. The summed E-state index contributed by atoms with van der Waals surface area (Å²) in [6.45, 7) is 2.00. The first-order chi connectivity index (χ1) is 9.90. The van der Waals surface area contributed by atoms with Gasteiger partial charge >= 0.3 is 11.9 Å². The third-order valence-corrected chi connectivity index (χ3v) is 4.36. The van der Waals surface area contributed by atoms with Crippen molar-refractivity contribution in [3.8, 4) is 0 Å². The van der Waals surface area contributed by atoms with E-state index in [9.17, 15) is 0 Å². The van der Waals surface area contributed by atoms with Crippen LogP contribution in [0.3, 0.4) is 0 Å². The highest BCUT2D eigenvalue weighted by Crippen LogP contribution is 2.42. The van der Waals surface area contributed by atoms with Gasteiger partial charge in [-0.2, -0.15) is 0 Å². The summed E-state index contributed by atoms with van der Waals surface area (Å²) in [6.07, 6.45) is 5.28. The van der Waals surface area contributed by atoms with Crippen LogP contribution in [0.15, 0.2) is 10.6 Å². The van der Waals surface area contributed by atoms with Crippen molar-refractivity contribution >= 4 is 11.9 Å². The summed E-state index contributed by atoms with van der Waals surface area (Å²) in [5.41, 5.74) is 1.01. The number of likely N-dealkylation sites (N-methyl/N-ethyl adjacent to an activating group) is 1. The Balaban J connectivity index is 0.000000232. The molecule has 3 heterocycles. The number of carbonyl (C=O) groups is 2. The fraction of sp³-hybridized carbons (Fsp3) is 0.643. The van der Waals surface area contributed by atoms with E-state index < -0.39 is 11.9 Å². The van der Waals surface area contributed by atoms with Gasteiger partial charge in [0, 0.05) is 24.1 Å². The molecule has 0 saturated carbocycles. The van der Waals surface area contributed by atoms with Crippen LogP contribution in [0.5, 0.6) is 0 Å². The molecule has 2 aliphatic heterocycles. The number of aromatic nitrogens is 1. The van der Waals surface area contributed by atoms with Crippen LogP contribution in [0.1, 0.15) is 43.1 Å². The first-order valence-electron chi connectivity index (χ1n) is 7.01. The van der Waals surface area contributed by atoms with Gasteiger partial charge in [0.2, 0.25) is 0 Å². The molecule has 7 nitrogen and oxygen atoms in total. The van der Waals surface area contributed by atoms with Gasteiger partial charge in [0.15, 0.2) is 0 Å². The summed E-state index contributed by atoms with van der Waals surface area (Å²) in [4.78, 5) is 20.7. The Morgan fingerprint density at radius 3 is 2.38 bits per heavy atom. The molecular weight excluding hydrogens is 276 g/mol. The third kappa shape index (κ3) is 3.41. The molecule has 0 spiro atoms. The number of aliphatic carboxylic acids is 2. The molecule has 1 aromatic heterocycles. The molecule has 1 aromatic rings. The van der Waals surface area contributed by atoms with E-state index in [2.05, 4.69) is 23.2 Å². The van der Waals surface area contributed by atoms with Gasteiger partial charge in [0.05, 0.1) is 5.69 Å². The second-order valence-electron chi connectivity index (χ2n) is 5.63. The summed E-state index contributed by atoms with van der Waals surface area (Å²) < 4.78 is 5.43. The number of nitrogens with zero attached hydrogens (tertiary/aromatic N) is 2. The van der Waals surface area contributed by atoms with Gasteiger partial charge in [0.1, 0.15) is 5.76 Å². The highest BCUT2D eigenvalue weighted by Gasteiger charge is 2.42. The van der Waals surface area contributed by atoms with Gasteiger partial charge in [-0.1, -0.05) is 5.16 Å². The van der Waals surface area contributed by atoms with E-state index >= 15 is 0 Å². The zero-order valence-electron chi connectivity index (χ0n) is 12.2. The largest absolute Gasteiger partial charge is 0.473 e. The van der Waals surface area contributed by atoms with E-state index in [0.717, 1.165) is 17.5 Å². The van der Waals surface area contributed by atoms with Crippen LogP contribution < -0.4 is 0 Å². The fourth-order valence-electron chi connectivity index (χ4n) is 3.33. The minimum absolute atomic E-state index is 0.579. The van der Waals surface area contributed by atoms with Crippen LogP contribution in [0.25, 0.3) is 0 Å². The molecule has 2 fully saturated rings. The number of carboxylic acids is 2. The molecule has 21 heavy (non-hydrogen) atoms. The number of carboxylic acid groups (broad SMARTS) is 2. The Morgan fingerprint density at radius 1 is 1.24 bits per heavy atom. The van der Waals surface area contributed by atoms with Crippen LogP contribution in [0.4, 0.5) is 0 Å². The quantitative estimate of drug-likeness (QED) is 0.756. The Morgan fingerprint density at radius 2 is 1.86 bits per heavy atom. The third-order valence-electron chi connectivity index (χ3n) is 4.36. The molecule has 2 bridgehead atoms. The molecule has 0 amide bonds. The lowest BCUT2D eigenvalue weighted by atomic mass is 9.88. The maximum absolute atomic E-state index is 9.10. The fourth-order valence-corrected chi connectivity index (χ4v) is 3.33. The second kappa shape index (κ2) is 6.26. The average molecular weight is 296 g/mol. The summed E-state index contributed by atoms with van der Waals surface area (Å²) in [5, 5.41) is 18.8. The monoisotopic (exact) mass is 296 g/mol. The molecule has 3 rings (SSSR count).